The second-order valence-electron chi connectivity index (χ2n) is 1.72. The van der Waals surface area contributed by atoms with Crippen molar-refractivity contribution >= 4 is 35.8 Å². The minimum atomic E-state index is 0.472. The van der Waals surface area contributed by atoms with Crippen LogP contribution in [0.3, 0.4) is 0 Å². The van der Waals surface area contributed by atoms with E-state index in [1.54, 1.807) is 18.2 Å². The molecule has 0 saturated carbocycles. The van der Waals surface area contributed by atoms with E-state index in [0.717, 1.165) is 4.91 Å². The summed E-state index contributed by atoms with van der Waals surface area (Å²) in [7, 11) is 0. The minimum absolute atomic E-state index is 0.472. The van der Waals surface area contributed by atoms with Gasteiger partial charge in [0.05, 0.1) is 10.1 Å². The molecule has 0 nitrogen and oxygen atoms in total. The molecule has 10 heavy (non-hydrogen) atoms. The van der Waals surface area contributed by atoms with Crippen LogP contribution in [-0.4, -0.2) is 0 Å². The van der Waals surface area contributed by atoms with Gasteiger partial charge in [-0.05, 0) is 18.2 Å². The SMILES string of the molecule is SC1=CC(Cl)=C=C(Cl)C=C1. The van der Waals surface area contributed by atoms with E-state index in [2.05, 4.69) is 18.4 Å². The topological polar surface area (TPSA) is 0 Å². The predicted octanol–water partition coefficient (Wildman–Crippen LogP) is 3.21. The van der Waals surface area contributed by atoms with Crippen molar-refractivity contribution in [1.82, 2.24) is 0 Å². The fraction of sp³-hybridized carbons (Fsp3) is 0. The van der Waals surface area contributed by atoms with Crippen LogP contribution in [-0.2, 0) is 0 Å². The second-order valence-corrected chi connectivity index (χ2v) is 3.05. The summed E-state index contributed by atoms with van der Waals surface area (Å²) in [5.41, 5.74) is 2.72. The fourth-order valence-electron chi connectivity index (χ4n) is 0.528. The first-order chi connectivity index (χ1) is 4.68. The first-order valence-electron chi connectivity index (χ1n) is 2.59. The van der Waals surface area contributed by atoms with Gasteiger partial charge in [0, 0.05) is 4.91 Å². The Hall–Kier alpha value is -0.0700. The van der Waals surface area contributed by atoms with E-state index in [1.807, 2.05) is 0 Å². The van der Waals surface area contributed by atoms with E-state index in [4.69, 9.17) is 23.2 Å². The van der Waals surface area contributed by atoms with Crippen LogP contribution in [0.2, 0.25) is 0 Å². The Balaban J connectivity index is 3.11. The molecule has 0 fully saturated rings. The molecule has 0 amide bonds. The lowest BCUT2D eigenvalue weighted by atomic mass is 10.4. The summed E-state index contributed by atoms with van der Waals surface area (Å²) in [5, 5.41) is 0.963. The molecule has 0 bridgehead atoms. The zero-order valence-electron chi connectivity index (χ0n) is 4.94. The van der Waals surface area contributed by atoms with Crippen LogP contribution < -0.4 is 0 Å². The Morgan fingerprint density at radius 3 is 2.60 bits per heavy atom. The molecule has 0 aliphatic heterocycles. The van der Waals surface area contributed by atoms with Gasteiger partial charge in [-0.2, -0.15) is 0 Å². The number of rotatable bonds is 0. The Morgan fingerprint density at radius 2 is 1.90 bits per heavy atom. The number of hydrogen-bond acceptors (Lipinski definition) is 1. The van der Waals surface area contributed by atoms with Crippen molar-refractivity contribution in [2.45, 2.75) is 0 Å². The molecule has 0 N–H and O–H groups in total. The largest absolute Gasteiger partial charge is 0.143 e. The van der Waals surface area contributed by atoms with Gasteiger partial charge in [-0.3, -0.25) is 0 Å². The molecule has 0 aromatic heterocycles. The predicted molar refractivity (Wildman–Crippen MR) is 48.5 cm³/mol. The quantitative estimate of drug-likeness (QED) is 0.441. The van der Waals surface area contributed by atoms with Crippen molar-refractivity contribution in [2.75, 3.05) is 0 Å². The van der Waals surface area contributed by atoms with Gasteiger partial charge >= 0.3 is 0 Å². The van der Waals surface area contributed by atoms with Crippen LogP contribution in [0.25, 0.3) is 0 Å². The van der Waals surface area contributed by atoms with E-state index in [-0.39, 0.29) is 0 Å². The summed E-state index contributed by atoms with van der Waals surface area (Å²) < 4.78 is 0. The highest BCUT2D eigenvalue weighted by Crippen LogP contribution is 2.17. The lowest BCUT2D eigenvalue weighted by molar-refractivity contribution is 1.88. The number of thiol groups is 1. The van der Waals surface area contributed by atoms with Gasteiger partial charge < -0.3 is 0 Å². The molecular weight excluding hydrogens is 187 g/mol. The Kier molecular flexibility index (Phi) is 2.70. The molecule has 0 aromatic carbocycles. The first-order valence-corrected chi connectivity index (χ1v) is 3.79. The van der Waals surface area contributed by atoms with Crippen molar-refractivity contribution in [1.29, 1.82) is 0 Å². The minimum Gasteiger partial charge on any atom is -0.143 e. The van der Waals surface area contributed by atoms with Crippen molar-refractivity contribution in [2.24, 2.45) is 0 Å². The molecule has 1 rings (SSSR count). The molecule has 3 heteroatoms. The average Bonchev–Trinajstić information content (AvgIpc) is 1.93. The van der Waals surface area contributed by atoms with Crippen LogP contribution in [0.15, 0.2) is 38.9 Å². The van der Waals surface area contributed by atoms with E-state index in [9.17, 15) is 0 Å². The smallest absolute Gasteiger partial charge is 0.0850 e. The molecule has 0 aromatic rings. The van der Waals surface area contributed by atoms with E-state index < -0.39 is 0 Å². The van der Waals surface area contributed by atoms with Gasteiger partial charge in [0.15, 0.2) is 0 Å². The van der Waals surface area contributed by atoms with Crippen molar-refractivity contribution in [3.05, 3.63) is 38.9 Å². The third-order valence-electron chi connectivity index (χ3n) is 0.914. The average molecular weight is 191 g/mol. The summed E-state index contributed by atoms with van der Waals surface area (Å²) in [6.07, 6.45) is 5.13. The zero-order chi connectivity index (χ0) is 7.56. The third-order valence-corrected chi connectivity index (χ3v) is 1.62. The van der Waals surface area contributed by atoms with Crippen LogP contribution in [0.5, 0.6) is 0 Å². The molecule has 0 unspecified atom stereocenters. The summed E-state index contributed by atoms with van der Waals surface area (Å²) in [6.45, 7) is 0. The van der Waals surface area contributed by atoms with Gasteiger partial charge in [-0.15, -0.1) is 12.6 Å². The molecule has 0 radical (unpaired) electrons. The monoisotopic (exact) mass is 190 g/mol. The number of hydrogen-bond donors (Lipinski definition) is 1. The highest BCUT2D eigenvalue weighted by atomic mass is 35.5. The van der Waals surface area contributed by atoms with Crippen LogP contribution >= 0.6 is 35.8 Å². The molecular formula is C7H4Cl2S. The van der Waals surface area contributed by atoms with Crippen LogP contribution in [0.4, 0.5) is 0 Å². The lowest BCUT2D eigenvalue weighted by Gasteiger charge is -1.83. The van der Waals surface area contributed by atoms with Gasteiger partial charge in [0.1, 0.15) is 0 Å². The maximum Gasteiger partial charge on any atom is 0.0850 e. The van der Waals surface area contributed by atoms with Crippen molar-refractivity contribution < 1.29 is 0 Å². The summed E-state index contributed by atoms with van der Waals surface area (Å²) in [4.78, 5) is 0.771. The maximum absolute atomic E-state index is 5.65. The molecule has 0 spiro atoms. The zero-order valence-corrected chi connectivity index (χ0v) is 7.34. The molecule has 0 saturated heterocycles. The van der Waals surface area contributed by atoms with E-state index >= 15 is 0 Å². The van der Waals surface area contributed by atoms with Gasteiger partial charge in [-0.1, -0.05) is 28.9 Å². The van der Waals surface area contributed by atoms with E-state index in [1.165, 1.54) is 0 Å². The van der Waals surface area contributed by atoms with Gasteiger partial charge in [0.2, 0.25) is 0 Å². The summed E-state index contributed by atoms with van der Waals surface area (Å²) >= 11 is 15.4. The normalized spacial score (nSPS) is 17.3. The van der Waals surface area contributed by atoms with Crippen molar-refractivity contribution in [3.63, 3.8) is 0 Å². The molecule has 1 aliphatic carbocycles. The first kappa shape index (κ1) is 8.03. The molecule has 0 heterocycles. The Morgan fingerprint density at radius 1 is 1.20 bits per heavy atom. The van der Waals surface area contributed by atoms with Crippen LogP contribution in [0, 0.1) is 0 Å². The Bertz CT molecular complexity index is 267. The highest BCUT2D eigenvalue weighted by Gasteiger charge is 1.93. The third kappa shape index (κ3) is 2.28. The molecule has 52 valence electrons. The number of halogens is 2. The van der Waals surface area contributed by atoms with Crippen molar-refractivity contribution in [3.8, 4) is 0 Å². The fourth-order valence-corrected chi connectivity index (χ4v) is 1.24. The Labute approximate surface area is 74.9 Å². The lowest BCUT2D eigenvalue weighted by Crippen LogP contribution is -1.60. The standard InChI is InChI=1S/C7H4Cl2S/c8-5-1-2-7(10)4-6(9)3-5/h1-2,4,10H. The molecule has 1 aliphatic rings. The van der Waals surface area contributed by atoms with Gasteiger partial charge in [-0.25, -0.2) is 0 Å². The molecule has 0 atom stereocenters. The van der Waals surface area contributed by atoms with Gasteiger partial charge in [0.25, 0.3) is 0 Å². The number of allylic oxidation sites excluding steroid dienone is 4. The maximum atomic E-state index is 5.65. The summed E-state index contributed by atoms with van der Waals surface area (Å²) in [5.74, 6) is 0. The van der Waals surface area contributed by atoms with Crippen LogP contribution in [0.1, 0.15) is 0 Å². The highest BCUT2D eigenvalue weighted by molar-refractivity contribution is 7.84. The second kappa shape index (κ2) is 3.36. The van der Waals surface area contributed by atoms with E-state index in [0.29, 0.717) is 10.1 Å². The summed E-state index contributed by atoms with van der Waals surface area (Å²) in [6, 6.07) is 0.